The van der Waals surface area contributed by atoms with Crippen molar-refractivity contribution >= 4 is 40.7 Å². The van der Waals surface area contributed by atoms with Gasteiger partial charge >= 0.3 is 11.7 Å². The molecule has 2 saturated heterocycles. The van der Waals surface area contributed by atoms with Crippen LogP contribution in [-0.2, 0) is 16.0 Å². The second-order valence-electron chi connectivity index (χ2n) is 9.99. The van der Waals surface area contributed by atoms with Crippen molar-refractivity contribution in [3.63, 3.8) is 0 Å². The van der Waals surface area contributed by atoms with Crippen LogP contribution in [0.4, 0.5) is 10.5 Å². The number of fused-ring (bicyclic) bond motifs is 1. The van der Waals surface area contributed by atoms with Gasteiger partial charge in [0, 0.05) is 68.1 Å². The molecule has 0 atom stereocenters. The first-order chi connectivity index (χ1) is 18.3. The number of urea groups is 1. The summed E-state index contributed by atoms with van der Waals surface area (Å²) in [4.78, 5) is 60.9. The van der Waals surface area contributed by atoms with Crippen LogP contribution in [0.2, 0.25) is 0 Å². The Morgan fingerprint density at radius 2 is 1.89 bits per heavy atom. The van der Waals surface area contributed by atoms with E-state index in [4.69, 9.17) is 4.42 Å². The maximum Gasteiger partial charge on any atom is 0.339 e. The average molecular weight is 520 g/mol. The van der Waals surface area contributed by atoms with Gasteiger partial charge in [-0.15, -0.1) is 0 Å². The van der Waals surface area contributed by atoms with E-state index in [1.54, 1.807) is 17.2 Å². The molecule has 1 aromatic heterocycles. The van der Waals surface area contributed by atoms with Gasteiger partial charge in [-0.2, -0.15) is 0 Å². The molecule has 3 aliphatic rings. The number of aliphatic imine (C=N–C) groups is 1. The summed E-state index contributed by atoms with van der Waals surface area (Å²) in [5.41, 5.74) is 1.71. The van der Waals surface area contributed by atoms with Crippen molar-refractivity contribution in [2.24, 2.45) is 4.99 Å². The molecule has 0 radical (unpaired) electrons. The lowest BCUT2D eigenvalue weighted by Gasteiger charge is -2.37. The third kappa shape index (κ3) is 4.37. The Bertz CT molecular complexity index is 1410. The maximum absolute atomic E-state index is 13.4. The van der Waals surface area contributed by atoms with Crippen LogP contribution in [0.3, 0.4) is 0 Å². The van der Waals surface area contributed by atoms with Gasteiger partial charge in [0.2, 0.25) is 0 Å². The Morgan fingerprint density at radius 1 is 1.16 bits per heavy atom. The second-order valence-corrected chi connectivity index (χ2v) is 9.99. The number of hydrogen-bond acceptors (Lipinski definition) is 7. The number of aryl methyl sites for hydroxylation is 1. The SMILES string of the molecule is CCN(CC)c1ccc2c(C)c(CCN3C(=O)NC4(CCN(C(=O)C5=CCC=N5)CC4)C3=O)c(=O)oc2c1. The molecule has 3 aliphatic heterocycles. The number of carbonyl (C=O) groups excluding carboxylic acids is 3. The minimum Gasteiger partial charge on any atom is -0.422 e. The summed E-state index contributed by atoms with van der Waals surface area (Å²) >= 11 is 0. The van der Waals surface area contributed by atoms with Crippen LogP contribution >= 0.6 is 0 Å². The number of allylic oxidation sites excluding steroid dienone is 1. The summed E-state index contributed by atoms with van der Waals surface area (Å²) in [7, 11) is 0. The molecule has 2 aromatic rings. The van der Waals surface area contributed by atoms with Gasteiger partial charge in [-0.05, 0) is 63.8 Å². The lowest BCUT2D eigenvalue weighted by molar-refractivity contribution is -0.136. The first kappa shape index (κ1) is 25.7. The Labute approximate surface area is 221 Å². The Hall–Kier alpha value is -3.95. The van der Waals surface area contributed by atoms with E-state index < -0.39 is 17.2 Å². The number of piperidine rings is 1. The van der Waals surface area contributed by atoms with Gasteiger partial charge < -0.3 is 19.5 Å². The largest absolute Gasteiger partial charge is 0.422 e. The van der Waals surface area contributed by atoms with E-state index in [1.807, 2.05) is 25.1 Å². The van der Waals surface area contributed by atoms with E-state index in [0.717, 1.165) is 29.7 Å². The van der Waals surface area contributed by atoms with Crippen molar-refractivity contribution in [1.29, 1.82) is 0 Å². The molecular formula is C28H33N5O5. The third-order valence-corrected chi connectivity index (χ3v) is 8.00. The smallest absolute Gasteiger partial charge is 0.339 e. The van der Waals surface area contributed by atoms with Crippen molar-refractivity contribution in [3.05, 3.63) is 51.5 Å². The van der Waals surface area contributed by atoms with Crippen molar-refractivity contribution in [2.75, 3.05) is 37.6 Å². The minimum absolute atomic E-state index is 0.0747. The zero-order chi connectivity index (χ0) is 27.0. The Balaban J connectivity index is 1.28. The van der Waals surface area contributed by atoms with Gasteiger partial charge in [0.15, 0.2) is 0 Å². The molecule has 200 valence electrons. The van der Waals surface area contributed by atoms with Gasteiger partial charge in [0.1, 0.15) is 16.8 Å². The average Bonchev–Trinajstić information content (AvgIpc) is 3.52. The molecule has 1 N–H and O–H groups in total. The molecule has 0 unspecified atom stereocenters. The molecule has 38 heavy (non-hydrogen) atoms. The molecule has 0 aliphatic carbocycles. The summed E-state index contributed by atoms with van der Waals surface area (Å²) in [5.74, 6) is -0.454. The van der Waals surface area contributed by atoms with Gasteiger partial charge in [0.05, 0.1) is 0 Å². The molecular weight excluding hydrogens is 486 g/mol. The number of carbonyl (C=O) groups is 3. The van der Waals surface area contributed by atoms with Gasteiger partial charge in [-0.1, -0.05) is 0 Å². The van der Waals surface area contributed by atoms with E-state index in [-0.39, 0.29) is 24.8 Å². The molecule has 1 aromatic carbocycles. The van der Waals surface area contributed by atoms with Crippen LogP contribution in [0.15, 0.2) is 44.2 Å². The van der Waals surface area contributed by atoms with Gasteiger partial charge in [-0.3, -0.25) is 19.5 Å². The lowest BCUT2D eigenvalue weighted by Crippen LogP contribution is -2.56. The first-order valence-corrected chi connectivity index (χ1v) is 13.3. The van der Waals surface area contributed by atoms with Gasteiger partial charge in [0.25, 0.3) is 11.8 Å². The summed E-state index contributed by atoms with van der Waals surface area (Å²) in [5, 5.41) is 3.71. The first-order valence-electron chi connectivity index (χ1n) is 13.3. The number of likely N-dealkylation sites (tertiary alicyclic amines) is 1. The molecule has 1 spiro atoms. The monoisotopic (exact) mass is 519 g/mol. The Morgan fingerprint density at radius 3 is 2.55 bits per heavy atom. The zero-order valence-electron chi connectivity index (χ0n) is 22.1. The highest BCUT2D eigenvalue weighted by Crippen LogP contribution is 2.31. The van der Waals surface area contributed by atoms with Crippen LogP contribution in [0.5, 0.6) is 0 Å². The number of nitrogens with zero attached hydrogens (tertiary/aromatic N) is 4. The van der Waals surface area contributed by atoms with Crippen molar-refractivity contribution < 1.29 is 18.8 Å². The van der Waals surface area contributed by atoms with E-state index in [9.17, 15) is 19.2 Å². The highest BCUT2D eigenvalue weighted by molar-refractivity contribution is 6.07. The number of anilines is 1. The molecule has 0 bridgehead atoms. The molecule has 10 nitrogen and oxygen atoms in total. The predicted molar refractivity (Wildman–Crippen MR) is 144 cm³/mol. The summed E-state index contributed by atoms with van der Waals surface area (Å²) in [6.45, 7) is 8.49. The number of nitrogens with one attached hydrogen (secondary N) is 1. The highest BCUT2D eigenvalue weighted by atomic mass is 16.4. The number of hydrogen-bond donors (Lipinski definition) is 1. The third-order valence-electron chi connectivity index (χ3n) is 8.00. The molecule has 4 amide bonds. The topological polar surface area (TPSA) is 116 Å². The van der Waals surface area contributed by atoms with E-state index in [2.05, 4.69) is 29.1 Å². The van der Waals surface area contributed by atoms with Crippen LogP contribution in [-0.4, -0.2) is 72.1 Å². The normalized spacial score (nSPS) is 18.4. The standard InChI is InChI=1S/C28H33N5O5/c1-4-31(5-2)19-8-9-20-18(3)21(25(35)38-23(20)17-19)10-14-33-26(36)28(30-27(33)37)11-15-32(16-12-28)24(34)22-7-6-13-29-22/h7-9,13,17H,4-6,10-12,14-16H2,1-3H3,(H,30,37). The van der Waals surface area contributed by atoms with E-state index in [0.29, 0.717) is 49.2 Å². The predicted octanol–water partition coefficient (Wildman–Crippen LogP) is 2.76. The summed E-state index contributed by atoms with van der Waals surface area (Å²) < 4.78 is 5.67. The lowest BCUT2D eigenvalue weighted by atomic mass is 9.87. The fourth-order valence-electron chi connectivity index (χ4n) is 5.66. The van der Waals surface area contributed by atoms with E-state index in [1.165, 1.54) is 4.90 Å². The van der Waals surface area contributed by atoms with Crippen molar-refractivity contribution in [3.8, 4) is 0 Å². The van der Waals surface area contributed by atoms with Crippen LogP contribution < -0.4 is 15.8 Å². The molecule has 5 rings (SSSR count). The molecule has 4 heterocycles. The minimum atomic E-state index is -1.02. The Kier molecular flexibility index (Phi) is 6.81. The van der Waals surface area contributed by atoms with Crippen molar-refractivity contribution in [1.82, 2.24) is 15.1 Å². The fraction of sp³-hybridized carbons (Fsp3) is 0.464. The number of imide groups is 1. The second kappa shape index (κ2) is 10.1. The summed E-state index contributed by atoms with van der Waals surface area (Å²) in [6.07, 6.45) is 5.00. The summed E-state index contributed by atoms with van der Waals surface area (Å²) in [6, 6.07) is 5.38. The fourth-order valence-corrected chi connectivity index (χ4v) is 5.66. The zero-order valence-corrected chi connectivity index (χ0v) is 22.1. The molecule has 10 heteroatoms. The maximum atomic E-state index is 13.4. The quantitative estimate of drug-likeness (QED) is 0.444. The van der Waals surface area contributed by atoms with Crippen molar-refractivity contribution in [2.45, 2.75) is 52.0 Å². The van der Waals surface area contributed by atoms with Crippen LogP contribution in [0.1, 0.15) is 44.2 Å². The number of rotatable bonds is 7. The van der Waals surface area contributed by atoms with Crippen LogP contribution in [0, 0.1) is 6.92 Å². The number of benzene rings is 1. The number of amides is 4. The van der Waals surface area contributed by atoms with E-state index >= 15 is 0 Å². The van der Waals surface area contributed by atoms with Gasteiger partial charge in [-0.25, -0.2) is 9.59 Å². The highest BCUT2D eigenvalue weighted by Gasteiger charge is 2.52. The van der Waals surface area contributed by atoms with Crippen LogP contribution in [0.25, 0.3) is 11.0 Å². The molecule has 2 fully saturated rings. The molecule has 0 saturated carbocycles.